The fraction of sp³-hybridized carbons (Fsp3) is 0. The first-order valence-electron chi connectivity index (χ1n) is 3.58. The van der Waals surface area contributed by atoms with E-state index in [1.807, 2.05) is 0 Å². The number of aromatic nitrogens is 1. The first-order chi connectivity index (χ1) is 6.16. The van der Waals surface area contributed by atoms with Gasteiger partial charge in [-0.25, -0.2) is 9.37 Å². The Kier molecular flexibility index (Phi) is 2.22. The Labute approximate surface area is 87.7 Å². The van der Waals surface area contributed by atoms with Crippen molar-refractivity contribution in [3.63, 3.8) is 0 Å². The van der Waals surface area contributed by atoms with E-state index in [4.69, 9.17) is 11.6 Å². The van der Waals surface area contributed by atoms with E-state index in [0.29, 0.717) is 20.5 Å². The van der Waals surface area contributed by atoms with E-state index in [1.165, 1.54) is 12.1 Å². The molecule has 0 unspecified atom stereocenters. The van der Waals surface area contributed by atoms with Gasteiger partial charge in [-0.15, -0.1) is 0 Å². The van der Waals surface area contributed by atoms with Crippen LogP contribution in [0.25, 0.3) is 10.9 Å². The van der Waals surface area contributed by atoms with Crippen LogP contribution < -0.4 is 0 Å². The number of fused-ring (bicyclic) bond motifs is 1. The summed E-state index contributed by atoms with van der Waals surface area (Å²) in [6, 6.07) is 5.97. The van der Waals surface area contributed by atoms with E-state index in [9.17, 15) is 4.39 Å². The van der Waals surface area contributed by atoms with E-state index in [-0.39, 0.29) is 5.82 Å². The van der Waals surface area contributed by atoms with Gasteiger partial charge in [-0.05, 0) is 40.2 Å². The van der Waals surface area contributed by atoms with Crippen LogP contribution in [0.1, 0.15) is 0 Å². The van der Waals surface area contributed by atoms with Crippen LogP contribution in [0.3, 0.4) is 0 Å². The largest absolute Gasteiger partial charge is 0.241 e. The van der Waals surface area contributed by atoms with Crippen LogP contribution in [-0.4, -0.2) is 4.98 Å². The van der Waals surface area contributed by atoms with Crippen molar-refractivity contribution in [1.82, 2.24) is 4.98 Å². The molecule has 0 saturated carbocycles. The van der Waals surface area contributed by atoms with Crippen LogP contribution in [0.2, 0.25) is 5.02 Å². The first-order valence-corrected chi connectivity index (χ1v) is 4.75. The van der Waals surface area contributed by atoms with Gasteiger partial charge < -0.3 is 0 Å². The second kappa shape index (κ2) is 3.24. The topological polar surface area (TPSA) is 12.9 Å². The van der Waals surface area contributed by atoms with Crippen molar-refractivity contribution in [1.29, 1.82) is 0 Å². The molecule has 0 radical (unpaired) electrons. The molecule has 1 aromatic carbocycles. The number of nitrogens with zero attached hydrogens (tertiary/aromatic N) is 1. The van der Waals surface area contributed by atoms with E-state index < -0.39 is 0 Å². The zero-order valence-electron chi connectivity index (χ0n) is 6.39. The van der Waals surface area contributed by atoms with Gasteiger partial charge in [-0.2, -0.15) is 0 Å². The summed E-state index contributed by atoms with van der Waals surface area (Å²) < 4.78 is 13.5. The Hall–Kier alpha value is -0.670. The highest BCUT2D eigenvalue weighted by Gasteiger charge is 2.03. The van der Waals surface area contributed by atoms with Gasteiger partial charge in [0.25, 0.3) is 0 Å². The molecule has 1 heterocycles. The number of benzene rings is 1. The van der Waals surface area contributed by atoms with E-state index in [0.717, 1.165) is 0 Å². The molecule has 0 amide bonds. The van der Waals surface area contributed by atoms with Crippen molar-refractivity contribution in [3.8, 4) is 0 Å². The molecule has 0 aliphatic carbocycles. The summed E-state index contributed by atoms with van der Waals surface area (Å²) in [7, 11) is 0. The van der Waals surface area contributed by atoms with Crippen molar-refractivity contribution < 1.29 is 4.39 Å². The van der Waals surface area contributed by atoms with Crippen LogP contribution in [0.15, 0.2) is 28.9 Å². The normalized spacial score (nSPS) is 10.7. The predicted octanol–water partition coefficient (Wildman–Crippen LogP) is 3.79. The zero-order chi connectivity index (χ0) is 9.42. The summed E-state index contributed by atoms with van der Waals surface area (Å²) in [6.07, 6.45) is 0. The van der Waals surface area contributed by atoms with Gasteiger partial charge in [0.2, 0.25) is 0 Å². The Morgan fingerprint density at radius 1 is 1.31 bits per heavy atom. The van der Waals surface area contributed by atoms with Gasteiger partial charge in [-0.3, -0.25) is 0 Å². The van der Waals surface area contributed by atoms with Crippen LogP contribution in [0.5, 0.6) is 0 Å². The summed E-state index contributed by atoms with van der Waals surface area (Å²) in [5.74, 6) is -0.307. The van der Waals surface area contributed by atoms with Crippen LogP contribution in [-0.2, 0) is 0 Å². The molecule has 0 spiro atoms. The minimum atomic E-state index is -0.307. The molecule has 0 fully saturated rings. The van der Waals surface area contributed by atoms with Crippen molar-refractivity contribution >= 4 is 38.4 Å². The molecule has 0 aliphatic heterocycles. The first kappa shape index (κ1) is 8.91. The summed E-state index contributed by atoms with van der Waals surface area (Å²) in [4.78, 5) is 4.14. The molecule has 66 valence electrons. The molecule has 1 nitrogen and oxygen atoms in total. The predicted molar refractivity (Wildman–Crippen MR) is 54.4 cm³/mol. The lowest BCUT2D eigenvalue weighted by molar-refractivity contribution is 0.629. The fourth-order valence-corrected chi connectivity index (χ4v) is 1.93. The van der Waals surface area contributed by atoms with Gasteiger partial charge in [0.1, 0.15) is 10.4 Å². The maximum absolute atomic E-state index is 12.8. The Morgan fingerprint density at radius 2 is 2.08 bits per heavy atom. The molecule has 0 aliphatic rings. The van der Waals surface area contributed by atoms with E-state index >= 15 is 0 Å². The number of hydrogen-bond acceptors (Lipinski definition) is 1. The Morgan fingerprint density at radius 3 is 2.85 bits per heavy atom. The number of hydrogen-bond donors (Lipinski definition) is 0. The summed E-state index contributed by atoms with van der Waals surface area (Å²) in [6.45, 7) is 0. The highest BCUT2D eigenvalue weighted by Crippen LogP contribution is 2.25. The molecule has 13 heavy (non-hydrogen) atoms. The van der Waals surface area contributed by atoms with E-state index in [2.05, 4.69) is 20.9 Å². The second-order valence-corrected chi connectivity index (χ2v) is 3.81. The standard InChI is InChI=1S/C9H4BrClFN/c10-9-4-7(11)6-3-5(12)1-2-8(6)13-9/h1-4H. The van der Waals surface area contributed by atoms with Crippen molar-refractivity contribution in [2.24, 2.45) is 0 Å². The molecule has 0 saturated heterocycles. The molecule has 0 N–H and O–H groups in total. The van der Waals surface area contributed by atoms with Gasteiger partial charge in [0.15, 0.2) is 0 Å². The van der Waals surface area contributed by atoms with Gasteiger partial charge >= 0.3 is 0 Å². The SMILES string of the molecule is Fc1ccc2nc(Br)cc(Cl)c2c1. The highest BCUT2D eigenvalue weighted by molar-refractivity contribution is 9.10. The average molecular weight is 260 g/mol. The number of pyridine rings is 1. The van der Waals surface area contributed by atoms with Gasteiger partial charge in [0.05, 0.1) is 10.5 Å². The quantitative estimate of drug-likeness (QED) is 0.657. The third-order valence-corrected chi connectivity index (χ3v) is 2.41. The molecule has 4 heteroatoms. The third-order valence-electron chi connectivity index (χ3n) is 1.69. The van der Waals surface area contributed by atoms with E-state index in [1.54, 1.807) is 12.1 Å². The summed E-state index contributed by atoms with van der Waals surface area (Å²) in [5, 5.41) is 1.13. The highest BCUT2D eigenvalue weighted by atomic mass is 79.9. The zero-order valence-corrected chi connectivity index (χ0v) is 8.73. The number of rotatable bonds is 0. The lowest BCUT2D eigenvalue weighted by Crippen LogP contribution is -1.83. The molecular weight excluding hydrogens is 256 g/mol. The maximum Gasteiger partial charge on any atom is 0.124 e. The number of halogens is 3. The molecule has 0 atom stereocenters. The average Bonchev–Trinajstić information content (AvgIpc) is 2.06. The monoisotopic (exact) mass is 259 g/mol. The second-order valence-electron chi connectivity index (χ2n) is 2.59. The molecule has 2 rings (SSSR count). The summed E-state index contributed by atoms with van der Waals surface area (Å²) >= 11 is 9.11. The molecular formula is C9H4BrClFN. The summed E-state index contributed by atoms with van der Waals surface area (Å²) in [5.41, 5.74) is 0.681. The van der Waals surface area contributed by atoms with Crippen LogP contribution in [0, 0.1) is 5.82 Å². The minimum absolute atomic E-state index is 0.307. The molecule has 2 aromatic rings. The molecule has 0 bridgehead atoms. The van der Waals surface area contributed by atoms with Crippen LogP contribution in [0.4, 0.5) is 4.39 Å². The van der Waals surface area contributed by atoms with Crippen molar-refractivity contribution in [3.05, 3.63) is 39.7 Å². The Bertz CT molecular complexity index is 472. The molecule has 1 aromatic heterocycles. The third kappa shape index (κ3) is 1.67. The smallest absolute Gasteiger partial charge is 0.124 e. The minimum Gasteiger partial charge on any atom is -0.241 e. The van der Waals surface area contributed by atoms with Crippen molar-refractivity contribution in [2.45, 2.75) is 0 Å². The lowest BCUT2D eigenvalue weighted by Gasteiger charge is -2.00. The Balaban J connectivity index is 2.87. The lowest BCUT2D eigenvalue weighted by atomic mass is 10.2. The maximum atomic E-state index is 12.8. The fourth-order valence-electron chi connectivity index (χ4n) is 1.13. The van der Waals surface area contributed by atoms with Crippen LogP contribution >= 0.6 is 27.5 Å². The van der Waals surface area contributed by atoms with Gasteiger partial charge in [-0.1, -0.05) is 11.6 Å². The van der Waals surface area contributed by atoms with Gasteiger partial charge in [0, 0.05) is 5.39 Å². The van der Waals surface area contributed by atoms with Crippen molar-refractivity contribution in [2.75, 3.05) is 0 Å².